The third kappa shape index (κ3) is 7.97. The topological polar surface area (TPSA) is 86.8 Å². The molecular formula is C33H43N3O4S. The molecule has 1 N–H and O–H groups in total. The minimum absolute atomic E-state index is 0.0548. The van der Waals surface area contributed by atoms with E-state index in [-0.39, 0.29) is 23.4 Å². The largest absolute Gasteiger partial charge is 0.352 e. The Labute approximate surface area is 245 Å². The van der Waals surface area contributed by atoms with Gasteiger partial charge >= 0.3 is 0 Å². The number of carbonyl (C=O) groups is 2. The molecule has 0 heterocycles. The molecule has 7 nitrogen and oxygen atoms in total. The van der Waals surface area contributed by atoms with Crippen LogP contribution in [0.5, 0.6) is 0 Å². The number of rotatable bonds is 12. The fourth-order valence-corrected chi connectivity index (χ4v) is 6.18. The Bertz CT molecular complexity index is 1470. The molecular weight excluding hydrogens is 534 g/mol. The highest BCUT2D eigenvalue weighted by molar-refractivity contribution is 7.92. The minimum Gasteiger partial charge on any atom is -0.352 e. The Morgan fingerprint density at radius 3 is 2.07 bits per heavy atom. The number of aryl methyl sites for hydroxylation is 4. The molecule has 0 aliphatic carbocycles. The predicted molar refractivity (Wildman–Crippen MR) is 165 cm³/mol. The molecule has 0 aliphatic rings. The molecule has 0 saturated carbocycles. The van der Waals surface area contributed by atoms with Crippen molar-refractivity contribution < 1.29 is 18.0 Å². The molecule has 41 heavy (non-hydrogen) atoms. The second-order valence-electron chi connectivity index (χ2n) is 10.9. The second kappa shape index (κ2) is 13.8. The lowest BCUT2D eigenvalue weighted by Gasteiger charge is -2.34. The van der Waals surface area contributed by atoms with Gasteiger partial charge in [0.15, 0.2) is 0 Å². The van der Waals surface area contributed by atoms with Crippen molar-refractivity contribution in [2.45, 2.75) is 84.8 Å². The predicted octanol–water partition coefficient (Wildman–Crippen LogP) is 5.84. The zero-order chi connectivity index (χ0) is 30.3. The van der Waals surface area contributed by atoms with Crippen LogP contribution in [0, 0.1) is 27.7 Å². The van der Waals surface area contributed by atoms with E-state index in [0.717, 1.165) is 34.2 Å². The molecule has 0 fully saturated rings. The minimum atomic E-state index is -4.11. The Balaban J connectivity index is 2.10. The van der Waals surface area contributed by atoms with Gasteiger partial charge in [-0.05, 0) is 82.3 Å². The van der Waals surface area contributed by atoms with E-state index in [1.807, 2.05) is 84.9 Å². The summed E-state index contributed by atoms with van der Waals surface area (Å²) >= 11 is 0. The first-order valence-corrected chi connectivity index (χ1v) is 15.6. The monoisotopic (exact) mass is 577 g/mol. The zero-order valence-corrected chi connectivity index (χ0v) is 26.1. The van der Waals surface area contributed by atoms with Crippen LogP contribution < -0.4 is 9.62 Å². The lowest BCUT2D eigenvalue weighted by atomic mass is 10.1. The van der Waals surface area contributed by atoms with Gasteiger partial charge in [0.2, 0.25) is 11.8 Å². The van der Waals surface area contributed by atoms with Crippen molar-refractivity contribution in [3.05, 3.63) is 94.5 Å². The first-order valence-electron chi connectivity index (χ1n) is 14.2. The highest BCUT2D eigenvalue weighted by Crippen LogP contribution is 2.29. The number of benzene rings is 3. The summed E-state index contributed by atoms with van der Waals surface area (Å²) in [7, 11) is -4.11. The number of anilines is 1. The van der Waals surface area contributed by atoms with Gasteiger partial charge in [-0.2, -0.15) is 0 Å². The highest BCUT2D eigenvalue weighted by Gasteiger charge is 2.34. The molecule has 0 bridgehead atoms. The molecule has 0 saturated heterocycles. The van der Waals surface area contributed by atoms with Crippen LogP contribution in [0.15, 0.2) is 71.6 Å². The number of hydrogen-bond donors (Lipinski definition) is 1. The molecule has 0 aromatic heterocycles. The van der Waals surface area contributed by atoms with E-state index < -0.39 is 28.5 Å². The zero-order valence-electron chi connectivity index (χ0n) is 25.3. The normalized spacial score (nSPS) is 12.9. The fraction of sp³-hybridized carbons (Fsp3) is 0.394. The summed E-state index contributed by atoms with van der Waals surface area (Å²) < 4.78 is 29.4. The van der Waals surface area contributed by atoms with Crippen molar-refractivity contribution in [3.8, 4) is 0 Å². The van der Waals surface area contributed by atoms with Gasteiger partial charge in [-0.25, -0.2) is 8.42 Å². The Morgan fingerprint density at radius 2 is 1.46 bits per heavy atom. The van der Waals surface area contributed by atoms with Gasteiger partial charge in [-0.3, -0.25) is 13.9 Å². The second-order valence-corrected chi connectivity index (χ2v) is 12.7. The van der Waals surface area contributed by atoms with Crippen molar-refractivity contribution in [2.24, 2.45) is 0 Å². The molecule has 0 aliphatic heterocycles. The van der Waals surface area contributed by atoms with Crippen LogP contribution in [0.2, 0.25) is 0 Å². The van der Waals surface area contributed by atoms with Crippen LogP contribution in [0.1, 0.15) is 61.4 Å². The molecule has 3 rings (SSSR count). The molecule has 2 amide bonds. The van der Waals surface area contributed by atoms with E-state index in [2.05, 4.69) is 5.32 Å². The SMILES string of the molecule is CC[C@H](C(=O)N[C@@H](C)CC)N(Cc1cccc(C)c1)C(=O)CN(c1cc(C)ccc1C)S(=O)(=O)c1ccc(C)cc1. The summed E-state index contributed by atoms with van der Waals surface area (Å²) in [4.78, 5) is 29.3. The van der Waals surface area contributed by atoms with Gasteiger partial charge in [0.25, 0.3) is 10.0 Å². The van der Waals surface area contributed by atoms with Gasteiger partial charge in [-0.15, -0.1) is 0 Å². The van der Waals surface area contributed by atoms with Crippen molar-refractivity contribution in [1.29, 1.82) is 0 Å². The third-order valence-corrected chi connectivity index (χ3v) is 9.12. The van der Waals surface area contributed by atoms with E-state index in [9.17, 15) is 18.0 Å². The first kappa shape index (κ1) is 31.9. The smallest absolute Gasteiger partial charge is 0.264 e. The summed E-state index contributed by atoms with van der Waals surface area (Å²) in [6.45, 7) is 13.1. The van der Waals surface area contributed by atoms with Gasteiger partial charge < -0.3 is 10.2 Å². The first-order chi connectivity index (χ1) is 19.4. The number of nitrogens with one attached hydrogen (secondary N) is 1. The maximum absolute atomic E-state index is 14.2. The number of sulfonamides is 1. The molecule has 3 aromatic carbocycles. The number of carbonyl (C=O) groups excluding carboxylic acids is 2. The standard InChI is InChI=1S/C33H43N3O4S/c1-8-27(7)34-33(38)30(9-2)35(21-28-12-10-11-24(4)19-28)32(37)22-36(31-20-25(5)13-16-26(31)6)41(39,40)29-17-14-23(3)15-18-29/h10-20,27,30H,8-9,21-22H2,1-7H3,(H,34,38)/t27-,30+/m0/s1. The Kier molecular flexibility index (Phi) is 10.7. The maximum Gasteiger partial charge on any atom is 0.264 e. The molecule has 8 heteroatoms. The maximum atomic E-state index is 14.2. The van der Waals surface area contributed by atoms with Crippen LogP contribution in [0.25, 0.3) is 0 Å². The number of hydrogen-bond acceptors (Lipinski definition) is 4. The Morgan fingerprint density at radius 1 is 0.829 bits per heavy atom. The van der Waals surface area contributed by atoms with Gasteiger partial charge in [0.05, 0.1) is 10.6 Å². The van der Waals surface area contributed by atoms with Crippen molar-refractivity contribution in [3.63, 3.8) is 0 Å². The molecule has 3 aromatic rings. The summed E-state index contributed by atoms with van der Waals surface area (Å²) in [5.41, 5.74) is 4.87. The Hall–Kier alpha value is -3.65. The van der Waals surface area contributed by atoms with Crippen LogP contribution in [0.3, 0.4) is 0 Å². The molecule has 0 unspecified atom stereocenters. The average molecular weight is 578 g/mol. The number of amides is 2. The lowest BCUT2D eigenvalue weighted by molar-refractivity contribution is -0.140. The van der Waals surface area contributed by atoms with E-state index in [0.29, 0.717) is 12.1 Å². The fourth-order valence-electron chi connectivity index (χ4n) is 4.71. The van der Waals surface area contributed by atoms with Crippen LogP contribution >= 0.6 is 0 Å². The quantitative estimate of drug-likeness (QED) is 0.293. The average Bonchev–Trinajstić information content (AvgIpc) is 2.93. The molecule has 2 atom stereocenters. The van der Waals surface area contributed by atoms with E-state index in [1.165, 1.54) is 9.21 Å². The molecule has 0 spiro atoms. The molecule has 0 radical (unpaired) electrons. The summed E-state index contributed by atoms with van der Waals surface area (Å²) in [5, 5.41) is 3.01. The van der Waals surface area contributed by atoms with E-state index in [4.69, 9.17) is 0 Å². The summed E-state index contributed by atoms with van der Waals surface area (Å²) in [5.74, 6) is -0.697. The van der Waals surface area contributed by atoms with Crippen LogP contribution in [0.4, 0.5) is 5.69 Å². The van der Waals surface area contributed by atoms with Crippen molar-refractivity contribution >= 4 is 27.5 Å². The third-order valence-electron chi connectivity index (χ3n) is 7.34. The van der Waals surface area contributed by atoms with Crippen LogP contribution in [-0.2, 0) is 26.2 Å². The summed E-state index contributed by atoms with van der Waals surface area (Å²) in [6.07, 6.45) is 1.14. The van der Waals surface area contributed by atoms with E-state index >= 15 is 0 Å². The van der Waals surface area contributed by atoms with E-state index in [1.54, 1.807) is 30.3 Å². The molecule has 220 valence electrons. The van der Waals surface area contributed by atoms with Crippen LogP contribution in [-0.4, -0.2) is 43.8 Å². The van der Waals surface area contributed by atoms with Gasteiger partial charge in [0, 0.05) is 12.6 Å². The summed E-state index contributed by atoms with van der Waals surface area (Å²) in [6, 6.07) is 19.1. The van der Waals surface area contributed by atoms with Crippen molar-refractivity contribution in [1.82, 2.24) is 10.2 Å². The number of nitrogens with zero attached hydrogens (tertiary/aromatic N) is 2. The lowest BCUT2D eigenvalue weighted by Crippen LogP contribution is -2.53. The highest BCUT2D eigenvalue weighted by atomic mass is 32.2. The van der Waals surface area contributed by atoms with Crippen molar-refractivity contribution in [2.75, 3.05) is 10.8 Å². The van der Waals surface area contributed by atoms with Gasteiger partial charge in [0.1, 0.15) is 12.6 Å². The van der Waals surface area contributed by atoms with Gasteiger partial charge in [-0.1, -0.05) is 73.5 Å².